The Morgan fingerprint density at radius 3 is 1.44 bits per heavy atom. The molecular formula is C5H13AlClNaZn. The normalized spacial score (nSPS) is 15.1. The van der Waals surface area contributed by atoms with Crippen LogP contribution in [-0.2, 0) is 19.5 Å². The van der Waals surface area contributed by atoms with E-state index in [2.05, 4.69) is 0 Å². The number of halogens is 1. The van der Waals surface area contributed by atoms with Crippen LogP contribution in [0.2, 0.25) is 10.6 Å². The summed E-state index contributed by atoms with van der Waals surface area (Å²) in [5, 5.41) is 3.28. The molecule has 0 nitrogen and oxygen atoms in total. The minimum atomic E-state index is 0. The molecule has 0 amide bonds. The van der Waals surface area contributed by atoms with E-state index in [0.717, 1.165) is 0 Å². The molecule has 0 N–H and O–H groups in total. The average Bonchev–Trinajstić information content (AvgIpc) is 1.72. The third kappa shape index (κ3) is 10.4. The summed E-state index contributed by atoms with van der Waals surface area (Å²) >= 11 is 0.508. The van der Waals surface area contributed by atoms with Gasteiger partial charge in [0.25, 0.3) is 0 Å². The van der Waals surface area contributed by atoms with Gasteiger partial charge in [-0.2, -0.15) is 0 Å². The van der Waals surface area contributed by atoms with E-state index in [-0.39, 0.29) is 61.4 Å². The zero-order chi connectivity index (χ0) is 4.24. The van der Waals surface area contributed by atoms with Gasteiger partial charge in [-0.05, 0) is 0 Å². The molecule has 0 atom stereocenters. The van der Waals surface area contributed by atoms with Gasteiger partial charge in [-0.25, -0.2) is 0 Å². The predicted molar refractivity (Wildman–Crippen MR) is 45.0 cm³/mol. The van der Waals surface area contributed by atoms with Crippen molar-refractivity contribution in [3.05, 3.63) is 0 Å². The number of hydrogen-bond donors (Lipinski definition) is 0. The van der Waals surface area contributed by atoms with E-state index in [1.807, 2.05) is 0 Å². The maximum atomic E-state index is 1.64. The SMILES string of the molecule is C1C[CH2][AlH][CH2]C1.Cl.[NaH].[Zn]. The minimum absolute atomic E-state index is 0. The largest absolute Gasteiger partial charge is 0 e. The van der Waals surface area contributed by atoms with Crippen LogP contribution in [0.5, 0.6) is 0 Å². The fourth-order valence-corrected chi connectivity index (χ4v) is 2.83. The van der Waals surface area contributed by atoms with Gasteiger partial charge in [0, 0.05) is 19.5 Å². The molecule has 0 saturated carbocycles. The van der Waals surface area contributed by atoms with Crippen LogP contribution >= 0.6 is 12.4 Å². The van der Waals surface area contributed by atoms with Gasteiger partial charge < -0.3 is 0 Å². The fraction of sp³-hybridized carbons (Fsp3) is 1.00. The van der Waals surface area contributed by atoms with E-state index in [0.29, 0.717) is 15.2 Å². The number of rotatable bonds is 0. The standard InChI is InChI=1S/C5H10.Al.ClH.Na.Zn.2H/c1-3-5-4-2;;;;;;/h1-5H2;;1H;;;;. The summed E-state index contributed by atoms with van der Waals surface area (Å²) < 4.78 is 0. The van der Waals surface area contributed by atoms with Gasteiger partial charge in [-0.15, -0.1) is 12.4 Å². The third-order valence-corrected chi connectivity index (χ3v) is 3.50. The van der Waals surface area contributed by atoms with Crippen molar-refractivity contribution in [2.24, 2.45) is 0 Å². The molecule has 1 rings (SSSR count). The summed E-state index contributed by atoms with van der Waals surface area (Å²) in [4.78, 5) is 0. The van der Waals surface area contributed by atoms with Crippen molar-refractivity contribution in [1.29, 1.82) is 0 Å². The van der Waals surface area contributed by atoms with Gasteiger partial charge in [0.1, 0.15) is 0 Å². The molecule has 46 valence electrons. The topological polar surface area (TPSA) is 0 Å². The van der Waals surface area contributed by atoms with Gasteiger partial charge in [0.05, 0.1) is 0 Å². The quantitative estimate of drug-likeness (QED) is 0.542. The average molecular weight is 224 g/mol. The van der Waals surface area contributed by atoms with Crippen LogP contribution in [0.1, 0.15) is 19.3 Å². The first-order valence-corrected chi connectivity index (χ1v) is 5.00. The van der Waals surface area contributed by atoms with Crippen LogP contribution in [0, 0.1) is 0 Å². The molecule has 1 aliphatic rings. The Balaban J connectivity index is -0.000000120. The Labute approximate surface area is 105 Å². The van der Waals surface area contributed by atoms with Crippen molar-refractivity contribution in [1.82, 2.24) is 0 Å². The van der Waals surface area contributed by atoms with Crippen molar-refractivity contribution in [3.63, 3.8) is 0 Å². The molecule has 0 spiro atoms. The molecule has 4 heteroatoms. The Hall–Kier alpha value is 2.45. The van der Waals surface area contributed by atoms with Gasteiger partial charge in [0.15, 0.2) is 0 Å². The molecule has 0 bridgehead atoms. The summed E-state index contributed by atoms with van der Waals surface area (Å²) in [6, 6.07) is 0. The first-order valence-electron chi connectivity index (χ1n) is 3.00. The number of hydrogen-bond acceptors (Lipinski definition) is 0. The van der Waals surface area contributed by atoms with Crippen molar-refractivity contribution in [2.75, 3.05) is 0 Å². The molecule has 1 saturated heterocycles. The van der Waals surface area contributed by atoms with E-state index in [1.54, 1.807) is 23.4 Å². The summed E-state index contributed by atoms with van der Waals surface area (Å²) in [5.74, 6) is 0. The minimum Gasteiger partial charge on any atom is 0 e. The monoisotopic (exact) mass is 222 g/mol. The van der Waals surface area contributed by atoms with E-state index in [9.17, 15) is 0 Å². The third-order valence-electron chi connectivity index (χ3n) is 1.50. The van der Waals surface area contributed by atoms with E-state index in [1.165, 1.54) is 6.42 Å². The summed E-state index contributed by atoms with van der Waals surface area (Å²) in [6.45, 7) is 0. The summed E-state index contributed by atoms with van der Waals surface area (Å²) in [5.41, 5.74) is 0. The smallest absolute Gasteiger partial charge is 0 e. The molecule has 1 heterocycles. The molecule has 1 fully saturated rings. The van der Waals surface area contributed by atoms with Crippen LogP contribution in [0.4, 0.5) is 0 Å². The zero-order valence-corrected chi connectivity index (χ0v) is 10.6. The second-order valence-electron chi connectivity index (χ2n) is 2.12. The Morgan fingerprint density at radius 1 is 0.889 bits per heavy atom. The van der Waals surface area contributed by atoms with Crippen LogP contribution in [0.3, 0.4) is 0 Å². The summed E-state index contributed by atoms with van der Waals surface area (Å²) in [7, 11) is 0. The molecule has 1 aliphatic heterocycles. The molecule has 0 aromatic carbocycles. The van der Waals surface area contributed by atoms with Gasteiger partial charge in [0.2, 0.25) is 15.2 Å². The first-order chi connectivity index (χ1) is 3.00. The molecule has 0 aromatic rings. The van der Waals surface area contributed by atoms with Crippen LogP contribution in [-0.4, -0.2) is 44.8 Å². The van der Waals surface area contributed by atoms with Gasteiger partial charge in [-0.3, -0.25) is 0 Å². The Bertz CT molecular complexity index is 32.4. The van der Waals surface area contributed by atoms with Crippen LogP contribution in [0.25, 0.3) is 0 Å². The van der Waals surface area contributed by atoms with Crippen LogP contribution in [0.15, 0.2) is 0 Å². The zero-order valence-electron chi connectivity index (χ0n) is 5.36. The molecule has 0 aliphatic carbocycles. The van der Waals surface area contributed by atoms with E-state index < -0.39 is 0 Å². The Morgan fingerprint density at radius 2 is 1.33 bits per heavy atom. The Kier molecular flexibility index (Phi) is 25.4. The van der Waals surface area contributed by atoms with Gasteiger partial charge in [-0.1, -0.05) is 29.8 Å². The molecule has 0 aromatic heterocycles. The van der Waals surface area contributed by atoms with Crippen LogP contribution < -0.4 is 0 Å². The van der Waals surface area contributed by atoms with E-state index >= 15 is 0 Å². The van der Waals surface area contributed by atoms with Crippen molar-refractivity contribution < 1.29 is 19.5 Å². The maximum absolute atomic E-state index is 1.64. The molecule has 0 unspecified atom stereocenters. The predicted octanol–water partition coefficient (Wildman–Crippen LogP) is 1.21. The van der Waals surface area contributed by atoms with E-state index in [4.69, 9.17) is 0 Å². The molecule has 0 radical (unpaired) electrons. The second-order valence-corrected chi connectivity index (χ2v) is 4.24. The molecule has 9 heavy (non-hydrogen) atoms. The van der Waals surface area contributed by atoms with Gasteiger partial charge >= 0.3 is 29.6 Å². The maximum Gasteiger partial charge on any atom is 0 e. The first kappa shape index (κ1) is 17.5. The second kappa shape index (κ2) is 13.1. The fourth-order valence-electron chi connectivity index (χ4n) is 1.06. The van der Waals surface area contributed by atoms with Crippen molar-refractivity contribution in [3.8, 4) is 0 Å². The summed E-state index contributed by atoms with van der Waals surface area (Å²) in [6.07, 6.45) is 4.66. The van der Waals surface area contributed by atoms with Crippen molar-refractivity contribution in [2.45, 2.75) is 29.8 Å². The van der Waals surface area contributed by atoms with Crippen molar-refractivity contribution >= 4 is 57.2 Å². The molecular weight excluding hydrogens is 211 g/mol.